The summed E-state index contributed by atoms with van der Waals surface area (Å²) >= 11 is 0. The molecule has 104 valence electrons. The van der Waals surface area contributed by atoms with Gasteiger partial charge in [0.2, 0.25) is 10.0 Å². The minimum absolute atomic E-state index is 0.247. The molecule has 0 aromatic rings. The van der Waals surface area contributed by atoms with Crippen LogP contribution in [0.15, 0.2) is 0 Å². The highest BCUT2D eigenvalue weighted by Crippen LogP contribution is 2.27. The second-order valence-electron chi connectivity index (χ2n) is 5.59. The van der Waals surface area contributed by atoms with E-state index in [1.54, 1.807) is 0 Å². The zero-order valence-corrected chi connectivity index (χ0v) is 11.7. The summed E-state index contributed by atoms with van der Waals surface area (Å²) in [6.07, 6.45) is 8.92. The largest absolute Gasteiger partial charge is 0.302 e. The summed E-state index contributed by atoms with van der Waals surface area (Å²) in [5.74, 6) is 0.551. The van der Waals surface area contributed by atoms with E-state index in [0.717, 1.165) is 44.8 Å². The number of sulfonamides is 1. The Kier molecular flexibility index (Phi) is 4.78. The molecule has 5 heteroatoms. The third-order valence-corrected chi connectivity index (χ3v) is 6.24. The number of hydrogen-bond donors (Lipinski definition) is 0. The molecule has 1 aliphatic carbocycles. The molecule has 0 amide bonds. The number of carbonyl (C=O) groups excluding carboxylic acids is 1. The first kappa shape index (κ1) is 14.0. The van der Waals surface area contributed by atoms with Crippen LogP contribution in [0.5, 0.6) is 0 Å². The van der Waals surface area contributed by atoms with Crippen LogP contribution in [0, 0.1) is 5.92 Å². The molecule has 1 atom stereocenters. The zero-order valence-electron chi connectivity index (χ0n) is 10.9. The Hall–Kier alpha value is -0.420. The molecule has 0 aromatic carbocycles. The Morgan fingerprint density at radius 3 is 2.33 bits per heavy atom. The molecule has 0 N–H and O–H groups in total. The predicted octanol–water partition coefficient (Wildman–Crippen LogP) is 1.95. The van der Waals surface area contributed by atoms with Gasteiger partial charge in [-0.25, -0.2) is 8.42 Å². The summed E-state index contributed by atoms with van der Waals surface area (Å²) in [4.78, 5) is 11.0. The minimum atomic E-state index is -3.24. The first-order valence-electron chi connectivity index (χ1n) is 7.08. The fraction of sp³-hybridized carbons (Fsp3) is 0.923. The second-order valence-corrected chi connectivity index (χ2v) is 7.56. The highest BCUT2D eigenvalue weighted by molar-refractivity contribution is 7.89. The summed E-state index contributed by atoms with van der Waals surface area (Å²) in [7, 11) is -3.24. The van der Waals surface area contributed by atoms with E-state index in [9.17, 15) is 13.2 Å². The molecule has 1 saturated carbocycles. The lowest BCUT2D eigenvalue weighted by atomic mass is 9.91. The van der Waals surface area contributed by atoms with Gasteiger partial charge in [0.15, 0.2) is 0 Å². The molecule has 2 rings (SSSR count). The van der Waals surface area contributed by atoms with Crippen molar-refractivity contribution in [2.45, 2.75) is 57.4 Å². The summed E-state index contributed by atoms with van der Waals surface area (Å²) < 4.78 is 26.2. The van der Waals surface area contributed by atoms with Gasteiger partial charge in [-0.15, -0.1) is 0 Å². The molecule has 1 saturated heterocycles. The molecule has 1 aliphatic heterocycles. The van der Waals surface area contributed by atoms with Gasteiger partial charge < -0.3 is 4.79 Å². The second kappa shape index (κ2) is 6.15. The number of carbonyl (C=O) groups is 1. The van der Waals surface area contributed by atoms with E-state index in [0.29, 0.717) is 18.9 Å². The summed E-state index contributed by atoms with van der Waals surface area (Å²) in [5, 5.41) is 0. The van der Waals surface area contributed by atoms with Gasteiger partial charge in [0.25, 0.3) is 0 Å². The Bertz CT molecular complexity index is 374. The Morgan fingerprint density at radius 1 is 1.00 bits per heavy atom. The van der Waals surface area contributed by atoms with Gasteiger partial charge in [-0.2, -0.15) is 4.31 Å². The number of hydrogen-bond acceptors (Lipinski definition) is 3. The van der Waals surface area contributed by atoms with Crippen LogP contribution in [-0.2, 0) is 14.8 Å². The van der Waals surface area contributed by atoms with E-state index >= 15 is 0 Å². The third kappa shape index (κ3) is 3.32. The van der Waals surface area contributed by atoms with Crippen molar-refractivity contribution in [2.75, 3.05) is 12.3 Å². The van der Waals surface area contributed by atoms with Crippen molar-refractivity contribution < 1.29 is 13.2 Å². The molecule has 0 radical (unpaired) electrons. The Morgan fingerprint density at radius 2 is 1.67 bits per heavy atom. The average molecular weight is 273 g/mol. The summed E-state index contributed by atoms with van der Waals surface area (Å²) in [6, 6.07) is -0.410. The SMILES string of the molecule is O=CC1CCCCN1S(=O)(=O)CC1CCCCC1. The van der Waals surface area contributed by atoms with E-state index in [4.69, 9.17) is 0 Å². The standard InChI is InChI=1S/C13H23NO3S/c15-10-13-8-4-5-9-14(13)18(16,17)11-12-6-2-1-3-7-12/h10,12-13H,1-9,11H2. The molecule has 0 aromatic heterocycles. The van der Waals surface area contributed by atoms with E-state index < -0.39 is 16.1 Å². The van der Waals surface area contributed by atoms with Crippen molar-refractivity contribution in [2.24, 2.45) is 5.92 Å². The van der Waals surface area contributed by atoms with Gasteiger partial charge >= 0.3 is 0 Å². The monoisotopic (exact) mass is 273 g/mol. The van der Waals surface area contributed by atoms with Crippen LogP contribution in [0.3, 0.4) is 0 Å². The topological polar surface area (TPSA) is 54.5 Å². The van der Waals surface area contributed by atoms with Crippen molar-refractivity contribution in [3.05, 3.63) is 0 Å². The molecule has 2 fully saturated rings. The molecular formula is C13H23NO3S. The quantitative estimate of drug-likeness (QED) is 0.736. The first-order valence-corrected chi connectivity index (χ1v) is 8.69. The fourth-order valence-corrected chi connectivity index (χ4v) is 5.26. The van der Waals surface area contributed by atoms with E-state index in [2.05, 4.69) is 0 Å². The van der Waals surface area contributed by atoms with Crippen molar-refractivity contribution in [3.63, 3.8) is 0 Å². The van der Waals surface area contributed by atoms with Crippen LogP contribution in [0.4, 0.5) is 0 Å². The normalized spacial score (nSPS) is 28.1. The van der Waals surface area contributed by atoms with Crippen molar-refractivity contribution in [1.82, 2.24) is 4.31 Å². The minimum Gasteiger partial charge on any atom is -0.302 e. The predicted molar refractivity (Wildman–Crippen MR) is 70.8 cm³/mol. The number of nitrogens with zero attached hydrogens (tertiary/aromatic N) is 1. The maximum atomic E-state index is 12.4. The molecule has 0 bridgehead atoms. The number of aldehydes is 1. The van der Waals surface area contributed by atoms with E-state index in [1.807, 2.05) is 0 Å². The van der Waals surface area contributed by atoms with Gasteiger partial charge in [0.1, 0.15) is 6.29 Å². The lowest BCUT2D eigenvalue weighted by molar-refractivity contribution is -0.111. The van der Waals surface area contributed by atoms with Crippen molar-refractivity contribution in [3.8, 4) is 0 Å². The van der Waals surface area contributed by atoms with Gasteiger partial charge in [0, 0.05) is 6.54 Å². The zero-order chi connectivity index (χ0) is 13.0. The molecule has 1 heterocycles. The van der Waals surface area contributed by atoms with Gasteiger partial charge in [-0.05, 0) is 31.6 Å². The molecule has 2 aliphatic rings. The molecular weight excluding hydrogens is 250 g/mol. The third-order valence-electron chi connectivity index (χ3n) is 4.18. The van der Waals surface area contributed by atoms with Crippen LogP contribution < -0.4 is 0 Å². The number of piperidine rings is 1. The van der Waals surface area contributed by atoms with Gasteiger partial charge in [-0.1, -0.05) is 25.7 Å². The maximum Gasteiger partial charge on any atom is 0.215 e. The van der Waals surface area contributed by atoms with Crippen LogP contribution in [0.1, 0.15) is 51.4 Å². The van der Waals surface area contributed by atoms with Crippen molar-refractivity contribution >= 4 is 16.3 Å². The average Bonchev–Trinajstić information content (AvgIpc) is 2.39. The lowest BCUT2D eigenvalue weighted by Crippen LogP contribution is -2.46. The Labute approximate surface area is 110 Å². The first-order chi connectivity index (χ1) is 8.63. The summed E-state index contributed by atoms with van der Waals surface area (Å²) in [6.45, 7) is 0.526. The lowest BCUT2D eigenvalue weighted by Gasteiger charge is -2.33. The molecule has 1 unspecified atom stereocenters. The van der Waals surface area contributed by atoms with E-state index in [1.165, 1.54) is 10.7 Å². The van der Waals surface area contributed by atoms with Crippen LogP contribution in [0.2, 0.25) is 0 Å². The Balaban J connectivity index is 2.01. The number of rotatable bonds is 4. The van der Waals surface area contributed by atoms with Gasteiger partial charge in [0.05, 0.1) is 11.8 Å². The molecule has 0 spiro atoms. The molecule has 4 nitrogen and oxygen atoms in total. The van der Waals surface area contributed by atoms with Crippen LogP contribution in [0.25, 0.3) is 0 Å². The summed E-state index contributed by atoms with van der Waals surface area (Å²) in [5.41, 5.74) is 0. The van der Waals surface area contributed by atoms with E-state index in [-0.39, 0.29) is 5.75 Å². The highest BCUT2D eigenvalue weighted by Gasteiger charge is 2.33. The smallest absolute Gasteiger partial charge is 0.215 e. The maximum absolute atomic E-state index is 12.4. The van der Waals surface area contributed by atoms with Gasteiger partial charge in [-0.3, -0.25) is 0 Å². The van der Waals surface area contributed by atoms with Crippen molar-refractivity contribution in [1.29, 1.82) is 0 Å². The van der Waals surface area contributed by atoms with Crippen LogP contribution in [-0.4, -0.2) is 37.3 Å². The fourth-order valence-electron chi connectivity index (χ4n) is 3.16. The highest BCUT2D eigenvalue weighted by atomic mass is 32.2. The molecule has 18 heavy (non-hydrogen) atoms. The van der Waals surface area contributed by atoms with Crippen LogP contribution >= 0.6 is 0 Å².